The highest BCUT2D eigenvalue weighted by Gasteiger charge is 2.31. The molecule has 0 spiro atoms. The summed E-state index contributed by atoms with van der Waals surface area (Å²) >= 11 is 0. The number of amides is 1. The van der Waals surface area contributed by atoms with Crippen LogP contribution in [0.4, 0.5) is 5.69 Å². The number of nitrogens with zero attached hydrogens (tertiary/aromatic N) is 2. The normalized spacial score (nSPS) is 22.3. The maximum absolute atomic E-state index is 13.4. The first-order chi connectivity index (χ1) is 13.9. The van der Waals surface area contributed by atoms with Crippen molar-refractivity contribution < 1.29 is 13.2 Å². The molecule has 0 aliphatic carbocycles. The summed E-state index contributed by atoms with van der Waals surface area (Å²) in [5, 5.41) is 0. The third kappa shape index (κ3) is 3.90. The van der Waals surface area contributed by atoms with Gasteiger partial charge in [-0.05, 0) is 60.9 Å². The number of aryl methyl sites for hydroxylation is 1. The zero-order valence-electron chi connectivity index (χ0n) is 17.0. The van der Waals surface area contributed by atoms with Gasteiger partial charge in [0.15, 0.2) is 0 Å². The molecule has 1 fully saturated rings. The van der Waals surface area contributed by atoms with Gasteiger partial charge in [0.25, 0.3) is 15.9 Å². The monoisotopic (exact) mass is 412 g/mol. The Bertz CT molecular complexity index is 1010. The molecule has 2 aromatic rings. The molecule has 0 N–H and O–H groups in total. The van der Waals surface area contributed by atoms with E-state index in [9.17, 15) is 13.2 Å². The average Bonchev–Trinajstić information content (AvgIpc) is 2.72. The van der Waals surface area contributed by atoms with Crippen LogP contribution in [0.5, 0.6) is 0 Å². The van der Waals surface area contributed by atoms with E-state index in [0.717, 1.165) is 43.6 Å². The van der Waals surface area contributed by atoms with Crippen LogP contribution in [-0.2, 0) is 16.4 Å². The molecule has 29 heavy (non-hydrogen) atoms. The summed E-state index contributed by atoms with van der Waals surface area (Å²) in [6.45, 7) is 6.22. The number of carbonyl (C=O) groups excluding carboxylic acids is 1. The molecule has 0 bridgehead atoms. The molecule has 2 aliphatic heterocycles. The van der Waals surface area contributed by atoms with Gasteiger partial charge in [-0.2, -0.15) is 0 Å². The molecular weight excluding hydrogens is 384 g/mol. The molecule has 0 unspecified atom stereocenters. The average molecular weight is 413 g/mol. The van der Waals surface area contributed by atoms with Gasteiger partial charge in [-0.1, -0.05) is 38.1 Å². The highest BCUT2D eigenvalue weighted by Crippen LogP contribution is 2.32. The van der Waals surface area contributed by atoms with E-state index in [1.165, 1.54) is 4.31 Å². The molecular formula is C23H28N2O3S. The highest BCUT2D eigenvalue weighted by atomic mass is 32.2. The van der Waals surface area contributed by atoms with Crippen molar-refractivity contribution in [2.24, 2.45) is 11.8 Å². The molecule has 0 aromatic heterocycles. The predicted molar refractivity (Wildman–Crippen MR) is 115 cm³/mol. The number of benzene rings is 2. The van der Waals surface area contributed by atoms with E-state index in [0.29, 0.717) is 23.9 Å². The second-order valence-electron chi connectivity index (χ2n) is 8.49. The summed E-state index contributed by atoms with van der Waals surface area (Å²) in [7, 11) is -3.72. The van der Waals surface area contributed by atoms with Gasteiger partial charge < -0.3 is 4.90 Å². The van der Waals surface area contributed by atoms with Crippen molar-refractivity contribution in [1.82, 2.24) is 4.90 Å². The minimum Gasteiger partial charge on any atom is -0.338 e. The van der Waals surface area contributed by atoms with Crippen molar-refractivity contribution in [3.05, 3.63) is 59.7 Å². The lowest BCUT2D eigenvalue weighted by atomic mass is 9.91. The number of sulfonamides is 1. The largest absolute Gasteiger partial charge is 0.338 e. The van der Waals surface area contributed by atoms with Crippen LogP contribution in [0.15, 0.2) is 53.4 Å². The van der Waals surface area contributed by atoms with Crippen molar-refractivity contribution in [3.63, 3.8) is 0 Å². The molecule has 0 saturated carbocycles. The maximum atomic E-state index is 13.4. The van der Waals surface area contributed by atoms with E-state index in [2.05, 4.69) is 13.8 Å². The fourth-order valence-corrected chi connectivity index (χ4v) is 6.26. The first kappa shape index (κ1) is 20.0. The molecule has 1 saturated heterocycles. The zero-order valence-corrected chi connectivity index (χ0v) is 17.9. The van der Waals surface area contributed by atoms with Gasteiger partial charge in [0.2, 0.25) is 0 Å². The van der Waals surface area contributed by atoms with Crippen molar-refractivity contribution in [1.29, 1.82) is 0 Å². The van der Waals surface area contributed by atoms with Crippen LogP contribution in [0.2, 0.25) is 0 Å². The smallest absolute Gasteiger partial charge is 0.264 e. The van der Waals surface area contributed by atoms with Crippen LogP contribution in [0.1, 0.15) is 42.6 Å². The van der Waals surface area contributed by atoms with Crippen molar-refractivity contribution in [2.45, 2.75) is 38.0 Å². The zero-order chi connectivity index (χ0) is 20.6. The number of hydrogen-bond donors (Lipinski definition) is 0. The third-order valence-corrected chi connectivity index (χ3v) is 7.70. The van der Waals surface area contributed by atoms with Gasteiger partial charge in [-0.3, -0.25) is 9.10 Å². The maximum Gasteiger partial charge on any atom is 0.264 e. The Balaban J connectivity index is 1.64. The van der Waals surface area contributed by atoms with Crippen LogP contribution in [0.25, 0.3) is 0 Å². The molecule has 2 atom stereocenters. The molecule has 5 nitrogen and oxygen atoms in total. The van der Waals surface area contributed by atoms with Crippen molar-refractivity contribution in [2.75, 3.05) is 23.9 Å². The molecule has 2 heterocycles. The van der Waals surface area contributed by atoms with E-state index >= 15 is 0 Å². The summed E-state index contributed by atoms with van der Waals surface area (Å²) < 4.78 is 28.3. The first-order valence-electron chi connectivity index (χ1n) is 10.4. The minimum atomic E-state index is -3.72. The standard InChI is InChI=1S/C23H28N2O3S/c1-17-13-18(2)16-24(15-17)23(26)20-8-5-10-21(14-20)29(27,28)25-12-6-9-19-7-3-4-11-22(19)25/h3-5,7-8,10-11,14,17-18H,6,9,12-13,15-16H2,1-2H3/t17-,18-/m0/s1. The third-order valence-electron chi connectivity index (χ3n) is 5.89. The van der Waals surface area contributed by atoms with E-state index in [1.54, 1.807) is 24.3 Å². The predicted octanol–water partition coefficient (Wildman–Crippen LogP) is 3.95. The Morgan fingerprint density at radius 3 is 2.48 bits per heavy atom. The van der Waals surface area contributed by atoms with Gasteiger partial charge in [-0.15, -0.1) is 0 Å². The van der Waals surface area contributed by atoms with E-state index < -0.39 is 10.0 Å². The summed E-state index contributed by atoms with van der Waals surface area (Å²) in [5.41, 5.74) is 2.23. The SMILES string of the molecule is C[C@H]1C[C@H](C)CN(C(=O)c2cccc(S(=O)(=O)N3CCCc4ccccc43)c2)C1. The summed E-state index contributed by atoms with van der Waals surface area (Å²) in [4.78, 5) is 15.1. The Morgan fingerprint density at radius 2 is 1.72 bits per heavy atom. The summed E-state index contributed by atoms with van der Waals surface area (Å²) in [6.07, 6.45) is 2.79. The fraction of sp³-hybridized carbons (Fsp3) is 0.435. The quantitative estimate of drug-likeness (QED) is 0.767. The lowest BCUT2D eigenvalue weighted by Gasteiger charge is -2.35. The number of hydrogen-bond acceptors (Lipinski definition) is 3. The number of rotatable bonds is 3. The molecule has 2 aliphatic rings. The molecule has 0 radical (unpaired) electrons. The van der Waals surface area contributed by atoms with Crippen molar-refractivity contribution >= 4 is 21.6 Å². The number of carbonyl (C=O) groups is 1. The van der Waals surface area contributed by atoms with Gasteiger partial charge in [-0.25, -0.2) is 8.42 Å². The molecule has 6 heteroatoms. The number of fused-ring (bicyclic) bond motifs is 1. The summed E-state index contributed by atoms with van der Waals surface area (Å²) in [5.74, 6) is 0.832. The van der Waals surface area contributed by atoms with Crippen LogP contribution < -0.4 is 4.31 Å². The number of piperidine rings is 1. The Hall–Kier alpha value is -2.34. The lowest BCUT2D eigenvalue weighted by Crippen LogP contribution is -2.42. The van der Waals surface area contributed by atoms with E-state index in [-0.39, 0.29) is 10.8 Å². The molecule has 1 amide bonds. The topological polar surface area (TPSA) is 57.7 Å². The number of anilines is 1. The van der Waals surface area contributed by atoms with E-state index in [4.69, 9.17) is 0 Å². The number of para-hydroxylation sites is 1. The Labute approximate surface area is 173 Å². The highest BCUT2D eigenvalue weighted by molar-refractivity contribution is 7.92. The second kappa shape index (κ2) is 7.82. The molecule has 4 rings (SSSR count). The van der Waals surface area contributed by atoms with Gasteiger partial charge >= 0.3 is 0 Å². The van der Waals surface area contributed by atoms with Gasteiger partial charge in [0.1, 0.15) is 0 Å². The second-order valence-corrected chi connectivity index (χ2v) is 10.4. The van der Waals surface area contributed by atoms with Crippen LogP contribution in [0, 0.1) is 11.8 Å². The lowest BCUT2D eigenvalue weighted by molar-refractivity contribution is 0.0623. The number of likely N-dealkylation sites (tertiary alicyclic amines) is 1. The van der Waals surface area contributed by atoms with E-state index in [1.807, 2.05) is 29.2 Å². The fourth-order valence-electron chi connectivity index (χ4n) is 4.68. The summed E-state index contributed by atoms with van der Waals surface area (Å²) in [6, 6.07) is 14.2. The molecule has 154 valence electrons. The Morgan fingerprint density at radius 1 is 1.00 bits per heavy atom. The van der Waals surface area contributed by atoms with Crippen molar-refractivity contribution in [3.8, 4) is 0 Å². The van der Waals surface area contributed by atoms with Crippen LogP contribution in [-0.4, -0.2) is 38.9 Å². The van der Waals surface area contributed by atoms with Crippen LogP contribution >= 0.6 is 0 Å². The minimum absolute atomic E-state index is 0.0838. The van der Waals surface area contributed by atoms with Gasteiger partial charge in [0.05, 0.1) is 10.6 Å². The first-order valence-corrected chi connectivity index (χ1v) is 11.8. The van der Waals surface area contributed by atoms with Gasteiger partial charge in [0, 0.05) is 25.2 Å². The van der Waals surface area contributed by atoms with Crippen LogP contribution in [0.3, 0.4) is 0 Å². The molecule has 2 aromatic carbocycles. The Kier molecular flexibility index (Phi) is 5.38.